The second kappa shape index (κ2) is 5.67. The van der Waals surface area contributed by atoms with Crippen molar-refractivity contribution in [3.8, 4) is 0 Å². The molecule has 0 spiro atoms. The van der Waals surface area contributed by atoms with E-state index in [0.717, 1.165) is 31.6 Å². The summed E-state index contributed by atoms with van der Waals surface area (Å²) in [5, 5.41) is 0. The van der Waals surface area contributed by atoms with Crippen LogP contribution in [-0.2, 0) is 4.74 Å². The molecule has 1 fully saturated rings. The number of nitrogens with zero attached hydrogens (tertiary/aromatic N) is 1. The largest absolute Gasteiger partial charge is 0.389 e. The van der Waals surface area contributed by atoms with Crippen molar-refractivity contribution in [2.75, 3.05) is 25.2 Å². The van der Waals surface area contributed by atoms with Crippen molar-refractivity contribution in [1.29, 1.82) is 0 Å². The number of hydrogen-bond donors (Lipinski definition) is 1. The van der Waals surface area contributed by atoms with Gasteiger partial charge in [-0.15, -0.1) is 0 Å². The minimum absolute atomic E-state index is 0.457. The Bertz CT molecular complexity index is 441. The number of aryl methyl sites for hydroxylation is 1. The molecule has 2 N–H and O–H groups in total. The molecule has 0 radical (unpaired) electrons. The summed E-state index contributed by atoms with van der Waals surface area (Å²) >= 11 is 5.00. The van der Waals surface area contributed by atoms with Gasteiger partial charge in [0, 0.05) is 37.6 Å². The second-order valence-corrected chi connectivity index (χ2v) is 5.26. The Labute approximate surface area is 114 Å². The summed E-state index contributed by atoms with van der Waals surface area (Å²) in [5.74, 6) is 0. The predicted molar refractivity (Wildman–Crippen MR) is 79.3 cm³/mol. The molecule has 2 rings (SSSR count). The molecular formula is C14H20N2OS. The number of anilines is 1. The maximum absolute atomic E-state index is 5.65. The van der Waals surface area contributed by atoms with Crippen LogP contribution in [0, 0.1) is 6.92 Å². The third kappa shape index (κ3) is 2.82. The van der Waals surface area contributed by atoms with Gasteiger partial charge in [0.05, 0.1) is 0 Å². The lowest BCUT2D eigenvalue weighted by Gasteiger charge is -2.34. The number of nitrogens with two attached hydrogens (primary N) is 1. The van der Waals surface area contributed by atoms with Gasteiger partial charge in [-0.3, -0.25) is 0 Å². The Morgan fingerprint density at radius 1 is 1.39 bits per heavy atom. The van der Waals surface area contributed by atoms with E-state index in [0.29, 0.717) is 11.0 Å². The van der Waals surface area contributed by atoms with Crippen molar-refractivity contribution in [1.82, 2.24) is 0 Å². The van der Waals surface area contributed by atoms with E-state index in [-0.39, 0.29) is 0 Å². The van der Waals surface area contributed by atoms with Crippen LogP contribution in [0.5, 0.6) is 0 Å². The molecular weight excluding hydrogens is 244 g/mol. The number of hydrogen-bond acceptors (Lipinski definition) is 3. The van der Waals surface area contributed by atoms with Gasteiger partial charge < -0.3 is 15.4 Å². The lowest BCUT2D eigenvalue weighted by Crippen LogP contribution is -2.37. The van der Waals surface area contributed by atoms with Crippen molar-refractivity contribution in [3.05, 3.63) is 29.3 Å². The summed E-state index contributed by atoms with van der Waals surface area (Å²) in [6.07, 6.45) is 2.18. The zero-order valence-electron chi connectivity index (χ0n) is 11.0. The Morgan fingerprint density at radius 2 is 2.06 bits per heavy atom. The van der Waals surface area contributed by atoms with Crippen LogP contribution in [0.3, 0.4) is 0 Å². The van der Waals surface area contributed by atoms with Gasteiger partial charge in [-0.2, -0.15) is 0 Å². The maximum atomic E-state index is 5.65. The fraction of sp³-hybridized carbons (Fsp3) is 0.500. The molecule has 3 nitrogen and oxygen atoms in total. The van der Waals surface area contributed by atoms with Crippen LogP contribution in [0.15, 0.2) is 18.2 Å². The molecule has 0 amide bonds. The molecule has 0 bridgehead atoms. The fourth-order valence-corrected chi connectivity index (χ4v) is 2.60. The summed E-state index contributed by atoms with van der Waals surface area (Å²) in [6.45, 7) is 3.82. The molecule has 0 unspecified atom stereocenters. The van der Waals surface area contributed by atoms with Crippen molar-refractivity contribution in [3.63, 3.8) is 0 Å². The highest BCUT2D eigenvalue weighted by molar-refractivity contribution is 7.80. The van der Waals surface area contributed by atoms with Gasteiger partial charge in [0.25, 0.3) is 0 Å². The summed E-state index contributed by atoms with van der Waals surface area (Å²) in [6, 6.07) is 6.74. The molecule has 1 aromatic rings. The highest BCUT2D eigenvalue weighted by Crippen LogP contribution is 2.25. The van der Waals surface area contributed by atoms with E-state index < -0.39 is 0 Å². The number of ether oxygens (including phenoxy) is 1. The quantitative estimate of drug-likeness (QED) is 0.850. The van der Waals surface area contributed by atoms with Crippen LogP contribution in [0.25, 0.3) is 0 Å². The predicted octanol–water partition coefficient (Wildman–Crippen LogP) is 2.24. The minimum Gasteiger partial charge on any atom is -0.389 e. The monoisotopic (exact) mass is 264 g/mol. The zero-order chi connectivity index (χ0) is 13.1. The molecule has 1 heterocycles. The first-order chi connectivity index (χ1) is 8.59. The van der Waals surface area contributed by atoms with Gasteiger partial charge in [-0.25, -0.2) is 0 Å². The lowest BCUT2D eigenvalue weighted by molar-refractivity contribution is 0.0854. The first-order valence-electron chi connectivity index (χ1n) is 6.30. The molecule has 0 atom stereocenters. The van der Waals surface area contributed by atoms with Crippen molar-refractivity contribution in [2.45, 2.75) is 25.8 Å². The van der Waals surface area contributed by atoms with Crippen molar-refractivity contribution >= 4 is 22.9 Å². The van der Waals surface area contributed by atoms with Crippen molar-refractivity contribution in [2.24, 2.45) is 5.73 Å². The number of thiocarbonyl (C=S) groups is 1. The molecule has 18 heavy (non-hydrogen) atoms. The molecule has 1 aromatic carbocycles. The highest BCUT2D eigenvalue weighted by Gasteiger charge is 2.19. The molecule has 1 aliphatic heterocycles. The van der Waals surface area contributed by atoms with Gasteiger partial charge in [-0.05, 0) is 43.5 Å². The van der Waals surface area contributed by atoms with E-state index in [1.807, 2.05) is 6.07 Å². The highest BCUT2D eigenvalue weighted by atomic mass is 32.1. The van der Waals surface area contributed by atoms with E-state index in [9.17, 15) is 0 Å². The van der Waals surface area contributed by atoms with Gasteiger partial charge in [0.1, 0.15) is 4.99 Å². The Hall–Kier alpha value is -1.13. The van der Waals surface area contributed by atoms with Crippen LogP contribution in [-0.4, -0.2) is 31.3 Å². The molecule has 0 aromatic heterocycles. The summed E-state index contributed by atoms with van der Waals surface area (Å²) in [4.78, 5) is 2.81. The topological polar surface area (TPSA) is 38.5 Å². The Morgan fingerprint density at radius 3 is 2.61 bits per heavy atom. The SMILES string of the molecule is Cc1cc(C(N)=S)ccc1N(C)C1CCOCC1. The van der Waals surface area contributed by atoms with Crippen LogP contribution in [0.1, 0.15) is 24.0 Å². The molecule has 0 saturated carbocycles. The summed E-state index contributed by atoms with van der Waals surface area (Å²) in [7, 11) is 2.15. The first kappa shape index (κ1) is 13.3. The Kier molecular flexibility index (Phi) is 4.19. The van der Waals surface area contributed by atoms with E-state index in [1.165, 1.54) is 11.3 Å². The van der Waals surface area contributed by atoms with E-state index in [2.05, 4.69) is 31.0 Å². The van der Waals surface area contributed by atoms with E-state index in [1.54, 1.807) is 0 Å². The van der Waals surface area contributed by atoms with Gasteiger partial charge >= 0.3 is 0 Å². The number of benzene rings is 1. The minimum atomic E-state index is 0.457. The summed E-state index contributed by atoms with van der Waals surface area (Å²) < 4.78 is 5.41. The molecule has 0 aliphatic carbocycles. The maximum Gasteiger partial charge on any atom is 0.103 e. The van der Waals surface area contributed by atoms with Crippen LogP contribution in [0.2, 0.25) is 0 Å². The van der Waals surface area contributed by atoms with Gasteiger partial charge in [0.2, 0.25) is 0 Å². The zero-order valence-corrected chi connectivity index (χ0v) is 11.8. The Balaban J connectivity index is 2.19. The standard InChI is InChI=1S/C14H20N2OS/c1-10-9-11(14(15)18)3-4-13(10)16(2)12-5-7-17-8-6-12/h3-4,9,12H,5-8H2,1-2H3,(H2,15,18). The normalized spacial score (nSPS) is 16.6. The average Bonchev–Trinajstić information content (AvgIpc) is 2.38. The van der Waals surface area contributed by atoms with E-state index >= 15 is 0 Å². The molecule has 98 valence electrons. The van der Waals surface area contributed by atoms with Gasteiger partial charge in [-0.1, -0.05) is 12.2 Å². The van der Waals surface area contributed by atoms with E-state index in [4.69, 9.17) is 22.7 Å². The number of rotatable bonds is 3. The van der Waals surface area contributed by atoms with Crippen LogP contribution < -0.4 is 10.6 Å². The third-order valence-corrected chi connectivity index (χ3v) is 3.84. The van der Waals surface area contributed by atoms with Gasteiger partial charge in [0.15, 0.2) is 0 Å². The smallest absolute Gasteiger partial charge is 0.103 e. The first-order valence-corrected chi connectivity index (χ1v) is 6.71. The van der Waals surface area contributed by atoms with Crippen molar-refractivity contribution < 1.29 is 4.74 Å². The van der Waals surface area contributed by atoms with Crippen LogP contribution in [0.4, 0.5) is 5.69 Å². The molecule has 1 aliphatic rings. The molecule has 1 saturated heterocycles. The fourth-order valence-electron chi connectivity index (χ4n) is 2.47. The average molecular weight is 264 g/mol. The third-order valence-electron chi connectivity index (χ3n) is 3.60. The summed E-state index contributed by atoms with van der Waals surface area (Å²) in [5.41, 5.74) is 9.06. The second-order valence-electron chi connectivity index (χ2n) is 4.82. The van der Waals surface area contributed by atoms with Crippen LogP contribution >= 0.6 is 12.2 Å². The lowest BCUT2D eigenvalue weighted by atomic mass is 10.0. The molecule has 4 heteroatoms.